The van der Waals surface area contributed by atoms with Crippen molar-refractivity contribution in [2.45, 2.75) is 205 Å². The number of aliphatic carboxylic acids is 1. The van der Waals surface area contributed by atoms with Crippen LogP contribution in [0.4, 0.5) is 0 Å². The van der Waals surface area contributed by atoms with Crippen molar-refractivity contribution in [3.05, 3.63) is 48.1 Å². The van der Waals surface area contributed by atoms with Gasteiger partial charge in [-0.1, -0.05) is 71.4 Å². The smallest absolute Gasteiger partial charge is 0.310 e. The number of aliphatic hydroxyl groups is 7. The molecule has 81 heavy (non-hydrogen) atoms. The fourth-order valence-corrected chi connectivity index (χ4v) is 21.2. The van der Waals surface area contributed by atoms with E-state index in [-0.39, 0.29) is 67.2 Å². The average molecular weight is 1130 g/mol. The summed E-state index contributed by atoms with van der Waals surface area (Å²) < 4.78 is 13.0. The van der Waals surface area contributed by atoms with Gasteiger partial charge in [0.05, 0.1) is 48.9 Å². The summed E-state index contributed by atoms with van der Waals surface area (Å²) in [6.45, 7) is 8.75. The van der Waals surface area contributed by atoms with Gasteiger partial charge in [0.1, 0.15) is 24.5 Å². The summed E-state index contributed by atoms with van der Waals surface area (Å²) in [6.07, 6.45) is 13.1. The highest BCUT2D eigenvalue weighted by molar-refractivity contribution is 5.86. The summed E-state index contributed by atoms with van der Waals surface area (Å²) in [6, 6.07) is -0.479. The Kier molecular flexibility index (Phi) is 16.3. The predicted molar refractivity (Wildman–Crippen MR) is 299 cm³/mol. The summed E-state index contributed by atoms with van der Waals surface area (Å²) in [5.41, 5.74) is 3.99. The first-order valence-corrected chi connectivity index (χ1v) is 31.1. The Balaban J connectivity index is 1.14. The highest BCUT2D eigenvalue weighted by Gasteiger charge is 2.78. The van der Waals surface area contributed by atoms with E-state index in [1.54, 1.807) is 18.9 Å². The van der Waals surface area contributed by atoms with Crippen LogP contribution in [0.2, 0.25) is 0 Å². The molecule has 0 bridgehead atoms. The van der Waals surface area contributed by atoms with Crippen LogP contribution in [0, 0.1) is 85.2 Å². The van der Waals surface area contributed by atoms with Crippen LogP contribution in [0.15, 0.2) is 36.7 Å². The number of nitrogens with two attached hydrogens (primary N) is 1. The molecule has 22 atom stereocenters. The number of carboxylic acids is 1. The lowest BCUT2D eigenvalue weighted by Crippen LogP contribution is -2.75. The quantitative estimate of drug-likeness (QED) is 0.0582. The maximum absolute atomic E-state index is 15.4. The van der Waals surface area contributed by atoms with E-state index in [0.29, 0.717) is 77.2 Å². The number of aliphatic hydroxyl groups excluding tert-OH is 7. The van der Waals surface area contributed by atoms with Gasteiger partial charge >= 0.3 is 5.97 Å². The van der Waals surface area contributed by atoms with Crippen LogP contribution >= 0.6 is 0 Å². The summed E-state index contributed by atoms with van der Waals surface area (Å²) in [7, 11) is 1.83. The number of rotatable bonds is 17. The predicted octanol–water partition coefficient (Wildman–Crippen LogP) is 4.67. The van der Waals surface area contributed by atoms with Gasteiger partial charge in [-0.2, -0.15) is 0 Å². The first-order valence-electron chi connectivity index (χ1n) is 31.1. The van der Waals surface area contributed by atoms with Crippen molar-refractivity contribution in [2.24, 2.45) is 91.0 Å². The number of allylic oxidation sites excluding steroid dienone is 2. The van der Waals surface area contributed by atoms with Gasteiger partial charge in [0.15, 0.2) is 6.29 Å². The lowest BCUT2D eigenvalue weighted by molar-refractivity contribution is -0.351. The fraction of sp³-hybridized carbons (Fsp3) is 0.839. The molecule has 0 radical (unpaired) electrons. The molecule has 9 aliphatic rings. The maximum atomic E-state index is 15.4. The summed E-state index contributed by atoms with van der Waals surface area (Å²) in [5.74, 6) is -3.33. The molecular formula is C62H97N7O12. The second-order valence-corrected chi connectivity index (χ2v) is 28.8. The van der Waals surface area contributed by atoms with Gasteiger partial charge in [0.25, 0.3) is 0 Å². The topological polar surface area (TPSA) is 322 Å². The Labute approximate surface area is 477 Å². The van der Waals surface area contributed by atoms with Crippen LogP contribution in [0.25, 0.3) is 0 Å². The zero-order valence-corrected chi connectivity index (χ0v) is 48.6. The summed E-state index contributed by atoms with van der Waals surface area (Å²) in [4.78, 5) is 45.4. The van der Waals surface area contributed by atoms with E-state index in [1.165, 1.54) is 5.57 Å². The third-order valence-electron chi connectivity index (χ3n) is 25.4. The lowest BCUT2D eigenvalue weighted by atomic mass is 9.28. The Morgan fingerprint density at radius 3 is 2.25 bits per heavy atom. The van der Waals surface area contributed by atoms with Gasteiger partial charge in [-0.15, -0.1) is 0 Å². The number of imidazole rings is 2. The lowest BCUT2D eigenvalue weighted by Gasteiger charge is -2.77. The maximum Gasteiger partial charge on any atom is 0.310 e. The van der Waals surface area contributed by atoms with Gasteiger partial charge in [-0.25, -0.2) is 9.97 Å². The zero-order chi connectivity index (χ0) is 57.7. The fourth-order valence-electron chi connectivity index (χ4n) is 21.2. The number of carboxylic acid groups (broad SMARTS) is 1. The van der Waals surface area contributed by atoms with E-state index in [9.17, 15) is 45.6 Å². The highest BCUT2D eigenvalue weighted by Crippen LogP contribution is 2.81. The van der Waals surface area contributed by atoms with Crippen LogP contribution in [-0.2, 0) is 25.5 Å². The second kappa shape index (κ2) is 22.2. The Morgan fingerprint density at radius 2 is 1.60 bits per heavy atom. The Hall–Kier alpha value is -3.34. The summed E-state index contributed by atoms with van der Waals surface area (Å²) >= 11 is 0. The molecule has 2 aromatic rings. The molecule has 19 heteroatoms. The number of ether oxygens (including phenoxy) is 2. The number of amides is 1. The van der Waals surface area contributed by atoms with Gasteiger partial charge in [-0.3, -0.25) is 9.59 Å². The monoisotopic (exact) mass is 1130 g/mol. The van der Waals surface area contributed by atoms with E-state index in [4.69, 9.17) is 15.2 Å². The van der Waals surface area contributed by atoms with Crippen LogP contribution < -0.4 is 16.4 Å². The first kappa shape index (κ1) is 59.4. The van der Waals surface area contributed by atoms with Crippen molar-refractivity contribution in [1.29, 1.82) is 0 Å². The van der Waals surface area contributed by atoms with Gasteiger partial charge in [0.2, 0.25) is 5.91 Å². The molecule has 2 saturated heterocycles. The normalized spacial score (nSPS) is 45.2. The second-order valence-electron chi connectivity index (χ2n) is 28.8. The third-order valence-corrected chi connectivity index (χ3v) is 25.4. The molecule has 0 aromatic carbocycles. The van der Waals surface area contributed by atoms with E-state index >= 15 is 4.79 Å². The van der Waals surface area contributed by atoms with Crippen LogP contribution in [0.1, 0.15) is 161 Å². The van der Waals surface area contributed by atoms with Crippen LogP contribution in [0.3, 0.4) is 0 Å². The molecule has 452 valence electrons. The van der Waals surface area contributed by atoms with Crippen molar-refractivity contribution >= 4 is 11.9 Å². The van der Waals surface area contributed by atoms with E-state index in [1.807, 2.05) is 20.2 Å². The Morgan fingerprint density at radius 1 is 0.877 bits per heavy atom. The van der Waals surface area contributed by atoms with Gasteiger partial charge < -0.3 is 76.7 Å². The number of aromatic amines is 2. The summed E-state index contributed by atoms with van der Waals surface area (Å²) in [5, 5.41) is 101. The standard InChI is InChI=1S/C62H97N7O12/c1-56(30-70)19-20-61(55(78)79)24-36(22-37-27-65-32-67-37)59(4)39(42(61)25-56)13-14-46-58(59,3)18-15-45-57(2,31-71)51(81-53-50(75)49(74)44(72)29-80-53)48(73)41(62(45,46)35-11-7-6-8-12-35)23-40-47(69-54(77)60(40)16-9-10-17-60)38(43-28-66-33-68-43)21-34(26-64-5)52(63)76/h13,27-28,32-36,38,40-42,44-53,64,70-76H,6-12,14-26,29-31,63H2,1-5H3,(H,65,67)(H,66,68)(H,69,77)(H,78,79). The van der Waals surface area contributed by atoms with Crippen LogP contribution in [-0.4, -0.2) is 155 Å². The number of hydrogen-bond donors (Lipinski definition) is 13. The van der Waals surface area contributed by atoms with Crippen molar-refractivity contribution < 1.29 is 59.9 Å². The van der Waals surface area contributed by atoms with Crippen molar-refractivity contribution in [1.82, 2.24) is 30.6 Å². The number of nitrogens with one attached hydrogen (secondary N) is 4. The van der Waals surface area contributed by atoms with E-state index in [2.05, 4.69) is 57.4 Å². The number of nitrogens with zero attached hydrogens (tertiary/aromatic N) is 2. The molecule has 8 fully saturated rings. The average Bonchev–Trinajstić information content (AvgIpc) is 1.40. The number of aromatic nitrogens is 4. The molecule has 2 aliphatic heterocycles. The number of carbonyl (C=O) groups is 2. The van der Waals surface area contributed by atoms with Crippen molar-refractivity contribution in [2.75, 3.05) is 33.4 Å². The number of fused-ring (bicyclic) bond motifs is 7. The third kappa shape index (κ3) is 9.10. The van der Waals surface area contributed by atoms with Crippen molar-refractivity contribution in [3.63, 3.8) is 0 Å². The minimum Gasteiger partial charge on any atom is -0.481 e. The largest absolute Gasteiger partial charge is 0.481 e. The van der Waals surface area contributed by atoms with Crippen LogP contribution in [0.5, 0.6) is 0 Å². The van der Waals surface area contributed by atoms with Crippen molar-refractivity contribution in [3.8, 4) is 0 Å². The number of H-pyrrole nitrogens is 2. The molecule has 7 aliphatic carbocycles. The minimum atomic E-state index is -1.66. The highest BCUT2D eigenvalue weighted by atomic mass is 16.7. The molecule has 6 saturated carbocycles. The Bertz CT molecular complexity index is 2560. The molecule has 22 unspecified atom stereocenters. The molecular weight excluding hydrogens is 1030 g/mol. The zero-order valence-electron chi connectivity index (χ0n) is 48.6. The molecule has 1 spiro atoms. The van der Waals surface area contributed by atoms with Gasteiger partial charge in [-0.05, 0) is 160 Å². The molecule has 4 heterocycles. The molecule has 19 nitrogen and oxygen atoms in total. The van der Waals surface area contributed by atoms with E-state index < -0.39 is 105 Å². The van der Waals surface area contributed by atoms with Gasteiger partial charge in [0, 0.05) is 60.2 Å². The molecule has 1 amide bonds. The molecule has 11 rings (SSSR count). The molecule has 2 aromatic heterocycles. The first-order chi connectivity index (χ1) is 38.6. The minimum absolute atomic E-state index is 0.00909. The molecule has 14 N–H and O–H groups in total. The van der Waals surface area contributed by atoms with E-state index in [0.717, 1.165) is 62.8 Å². The number of carbonyl (C=O) groups excluding carboxylic acids is 1. The SMILES string of the molecule is CNCC(CC(c1cnc[nH]1)C1NC(=O)C2(CCCC2)C1CC1C(O)C(OC2OCC(O)C(O)C2O)C(C)(CO)C2CCC3(C)C(CC=C4C5CC(C)(CO)CCC5(C(=O)O)CC(Cc5cnc[nH]5)C43C)C12C1CCCCC1)C(N)O. The number of hydrogen-bond acceptors (Lipinski definition) is 15.